The van der Waals surface area contributed by atoms with Crippen LogP contribution in [0.25, 0.3) is 5.76 Å². The van der Waals surface area contributed by atoms with Crippen LogP contribution in [-0.4, -0.2) is 34.9 Å². The van der Waals surface area contributed by atoms with E-state index in [4.69, 9.17) is 32.7 Å². The van der Waals surface area contributed by atoms with Crippen LogP contribution >= 0.6 is 34.5 Å². The lowest BCUT2D eigenvalue weighted by molar-refractivity contribution is -0.132. The van der Waals surface area contributed by atoms with E-state index in [1.54, 1.807) is 37.3 Å². The lowest BCUT2D eigenvalue weighted by Crippen LogP contribution is -2.29. The molecule has 1 N–H and O–H groups in total. The van der Waals surface area contributed by atoms with Gasteiger partial charge >= 0.3 is 11.9 Å². The summed E-state index contributed by atoms with van der Waals surface area (Å²) in [6.45, 7) is 1.95. The predicted molar refractivity (Wildman–Crippen MR) is 157 cm³/mol. The van der Waals surface area contributed by atoms with Gasteiger partial charge in [0.2, 0.25) is 0 Å². The van der Waals surface area contributed by atoms with Crippen LogP contribution in [-0.2, 0) is 20.9 Å². The van der Waals surface area contributed by atoms with Crippen LogP contribution in [0.3, 0.4) is 0 Å². The van der Waals surface area contributed by atoms with Gasteiger partial charge in [-0.3, -0.25) is 14.5 Å². The van der Waals surface area contributed by atoms with E-state index in [9.17, 15) is 19.5 Å². The molecule has 11 heteroatoms. The first-order valence-electron chi connectivity index (χ1n) is 12.3. The van der Waals surface area contributed by atoms with Crippen LogP contribution in [0.1, 0.15) is 38.1 Å². The number of rotatable bonds is 7. The van der Waals surface area contributed by atoms with Gasteiger partial charge in [-0.15, -0.1) is 0 Å². The fourth-order valence-corrected chi connectivity index (χ4v) is 5.72. The summed E-state index contributed by atoms with van der Waals surface area (Å²) in [6.07, 6.45) is 0. The number of hydrogen-bond acceptors (Lipinski definition) is 8. The molecule has 41 heavy (non-hydrogen) atoms. The Labute approximate surface area is 249 Å². The Kier molecular flexibility index (Phi) is 8.12. The van der Waals surface area contributed by atoms with Crippen molar-refractivity contribution in [1.29, 1.82) is 0 Å². The van der Waals surface area contributed by atoms with E-state index in [0.29, 0.717) is 29.2 Å². The molecule has 1 atom stereocenters. The van der Waals surface area contributed by atoms with Crippen molar-refractivity contribution in [3.05, 3.63) is 116 Å². The molecule has 2 heterocycles. The van der Waals surface area contributed by atoms with Crippen LogP contribution in [0.4, 0.5) is 5.13 Å². The topological polar surface area (TPSA) is 106 Å². The van der Waals surface area contributed by atoms with Gasteiger partial charge in [0, 0.05) is 5.56 Å². The van der Waals surface area contributed by atoms with Gasteiger partial charge in [-0.25, -0.2) is 9.78 Å². The van der Waals surface area contributed by atoms with Crippen molar-refractivity contribution < 1.29 is 29.0 Å². The monoisotopic (exact) mass is 608 g/mol. The smallest absolute Gasteiger partial charge is 0.350 e. The van der Waals surface area contributed by atoms with Gasteiger partial charge in [-0.2, -0.15) is 0 Å². The van der Waals surface area contributed by atoms with Gasteiger partial charge in [0.25, 0.3) is 5.78 Å². The summed E-state index contributed by atoms with van der Waals surface area (Å²) in [5, 5.41) is 12.0. The number of aryl methyl sites for hydroxylation is 1. The summed E-state index contributed by atoms with van der Waals surface area (Å²) in [4.78, 5) is 44.8. The Balaban J connectivity index is 1.56. The summed E-state index contributed by atoms with van der Waals surface area (Å²) < 4.78 is 10.6. The lowest BCUT2D eigenvalue weighted by Gasteiger charge is -2.23. The fourth-order valence-electron chi connectivity index (χ4n) is 4.40. The molecule has 208 valence electrons. The first-order valence-corrected chi connectivity index (χ1v) is 13.9. The summed E-state index contributed by atoms with van der Waals surface area (Å²) in [7, 11) is 1.24. The highest BCUT2D eigenvalue weighted by Crippen LogP contribution is 2.45. The molecule has 1 aromatic heterocycles. The average Bonchev–Trinajstić information content (AvgIpc) is 3.49. The third kappa shape index (κ3) is 5.56. The standard InChI is InChI=1S/C30H22Cl2N2O6S/c1-16-27(29(38)39-2)41-30(33-16)34-24(19-10-13-21(31)22(32)14-19)23(26(36)28(34)37)25(35)18-8-11-20(12-9-18)40-15-17-6-4-3-5-7-17/h3-14,24,35H,15H2,1-2H3/b25-23+. The number of nitrogens with zero attached hydrogens (tertiary/aromatic N) is 2. The number of ketones is 1. The number of esters is 1. The fraction of sp³-hybridized carbons (Fsp3) is 0.133. The molecule has 1 aliphatic rings. The van der Waals surface area contributed by atoms with Crippen molar-refractivity contribution >= 4 is 63.1 Å². The quantitative estimate of drug-likeness (QED) is 0.107. The number of benzene rings is 3. The normalized spacial score (nSPS) is 16.2. The van der Waals surface area contributed by atoms with E-state index in [0.717, 1.165) is 21.8 Å². The van der Waals surface area contributed by atoms with Gasteiger partial charge in [0.05, 0.1) is 34.5 Å². The highest BCUT2D eigenvalue weighted by Gasteiger charge is 2.48. The zero-order valence-electron chi connectivity index (χ0n) is 21.8. The largest absolute Gasteiger partial charge is 0.507 e. The molecule has 5 rings (SSSR count). The number of aromatic nitrogens is 1. The van der Waals surface area contributed by atoms with Crippen molar-refractivity contribution in [2.45, 2.75) is 19.6 Å². The number of ether oxygens (including phenoxy) is 2. The van der Waals surface area contributed by atoms with Gasteiger partial charge in [0.15, 0.2) is 5.13 Å². The maximum atomic E-state index is 13.4. The second-order valence-corrected chi connectivity index (χ2v) is 10.8. The predicted octanol–water partition coefficient (Wildman–Crippen LogP) is 6.75. The number of anilines is 1. The minimum atomic E-state index is -1.10. The minimum Gasteiger partial charge on any atom is -0.507 e. The highest BCUT2D eigenvalue weighted by atomic mass is 35.5. The molecule has 0 aliphatic carbocycles. The van der Waals surface area contributed by atoms with E-state index in [1.807, 2.05) is 30.3 Å². The summed E-state index contributed by atoms with van der Waals surface area (Å²) in [5.41, 5.74) is 1.87. The molecule has 0 spiro atoms. The van der Waals surface area contributed by atoms with Crippen LogP contribution in [0.2, 0.25) is 10.0 Å². The average molecular weight is 609 g/mol. The van der Waals surface area contributed by atoms with E-state index >= 15 is 0 Å². The summed E-state index contributed by atoms with van der Waals surface area (Å²) >= 11 is 13.3. The first-order chi connectivity index (χ1) is 19.7. The second-order valence-electron chi connectivity index (χ2n) is 9.04. The molecule has 0 saturated carbocycles. The number of aliphatic hydroxyl groups is 1. The van der Waals surface area contributed by atoms with E-state index in [1.165, 1.54) is 19.2 Å². The van der Waals surface area contributed by atoms with Crippen LogP contribution in [0, 0.1) is 6.92 Å². The Morgan fingerprint density at radius 2 is 1.73 bits per heavy atom. The van der Waals surface area contributed by atoms with E-state index in [-0.39, 0.29) is 25.6 Å². The molecular weight excluding hydrogens is 587 g/mol. The Bertz CT molecular complexity index is 1690. The zero-order valence-corrected chi connectivity index (χ0v) is 24.1. The molecule has 1 fully saturated rings. The lowest BCUT2D eigenvalue weighted by atomic mass is 9.95. The van der Waals surface area contributed by atoms with Gasteiger partial charge in [-0.05, 0) is 54.4 Å². The number of amides is 1. The number of Topliss-reactive ketones (excluding diaryl/α,β-unsaturated/α-hetero) is 1. The third-order valence-corrected chi connectivity index (χ3v) is 8.32. The molecule has 1 unspecified atom stereocenters. The molecule has 0 bridgehead atoms. The summed E-state index contributed by atoms with van der Waals surface area (Å²) in [6, 6.07) is 19.7. The molecule has 3 aromatic carbocycles. The van der Waals surface area contributed by atoms with Crippen molar-refractivity contribution in [2.75, 3.05) is 12.0 Å². The summed E-state index contributed by atoms with van der Waals surface area (Å²) in [5.74, 6) is -2.30. The molecule has 1 amide bonds. The van der Waals surface area contributed by atoms with Gasteiger partial charge < -0.3 is 14.6 Å². The van der Waals surface area contributed by atoms with Crippen molar-refractivity contribution in [3.63, 3.8) is 0 Å². The number of halogens is 2. The minimum absolute atomic E-state index is 0.0878. The first kappa shape index (κ1) is 28.4. The maximum Gasteiger partial charge on any atom is 0.350 e. The van der Waals surface area contributed by atoms with Crippen molar-refractivity contribution in [1.82, 2.24) is 4.98 Å². The second kappa shape index (κ2) is 11.7. The van der Waals surface area contributed by atoms with E-state index < -0.39 is 29.5 Å². The maximum absolute atomic E-state index is 13.4. The Morgan fingerprint density at radius 1 is 1.02 bits per heavy atom. The molecule has 0 radical (unpaired) electrons. The number of hydrogen-bond donors (Lipinski definition) is 1. The third-order valence-electron chi connectivity index (χ3n) is 6.44. The highest BCUT2D eigenvalue weighted by molar-refractivity contribution is 7.17. The molecule has 8 nitrogen and oxygen atoms in total. The van der Waals surface area contributed by atoms with Crippen molar-refractivity contribution in [2.24, 2.45) is 0 Å². The van der Waals surface area contributed by atoms with Crippen LogP contribution < -0.4 is 9.64 Å². The number of thiazole rings is 1. The molecule has 1 saturated heterocycles. The number of methoxy groups -OCH3 is 1. The molecule has 4 aromatic rings. The Morgan fingerprint density at radius 3 is 2.39 bits per heavy atom. The van der Waals surface area contributed by atoms with Crippen LogP contribution in [0.5, 0.6) is 5.75 Å². The molecule has 1 aliphatic heterocycles. The Hall–Kier alpha value is -4.18. The van der Waals surface area contributed by atoms with Crippen LogP contribution in [0.15, 0.2) is 78.4 Å². The van der Waals surface area contributed by atoms with Gasteiger partial charge in [0.1, 0.15) is 23.0 Å². The number of aliphatic hydroxyl groups excluding tert-OH is 1. The number of carbonyl (C=O) groups excluding carboxylic acids is 3. The van der Waals surface area contributed by atoms with E-state index in [2.05, 4.69) is 4.98 Å². The number of carbonyl (C=O) groups is 3. The van der Waals surface area contributed by atoms with Gasteiger partial charge in [-0.1, -0.05) is 70.9 Å². The van der Waals surface area contributed by atoms with Crippen molar-refractivity contribution in [3.8, 4) is 5.75 Å². The SMILES string of the molecule is COC(=O)c1sc(N2C(=O)C(=O)/C(=C(/O)c3ccc(OCc4ccccc4)cc3)C2c2ccc(Cl)c(Cl)c2)nc1C. The zero-order chi connectivity index (χ0) is 29.3. The molecular formula is C30H22Cl2N2O6S.